The van der Waals surface area contributed by atoms with Gasteiger partial charge in [-0.2, -0.15) is 0 Å². The molecule has 1 N–H and O–H groups in total. The van der Waals surface area contributed by atoms with Crippen LogP contribution in [0.15, 0.2) is 10.5 Å². The molecule has 0 saturated heterocycles. The summed E-state index contributed by atoms with van der Waals surface area (Å²) in [6, 6.07) is 0. The van der Waals surface area contributed by atoms with Crippen LogP contribution < -0.4 is 5.32 Å². The molecule has 3 aromatic rings. The molecule has 0 atom stereocenters. The van der Waals surface area contributed by atoms with Crippen LogP contribution in [0.4, 0.5) is 5.00 Å². The van der Waals surface area contributed by atoms with E-state index < -0.39 is 0 Å². The monoisotopic (exact) mass is 504 g/mol. The van der Waals surface area contributed by atoms with E-state index in [4.69, 9.17) is 4.74 Å². The van der Waals surface area contributed by atoms with E-state index in [1.54, 1.807) is 18.3 Å². The lowest BCUT2D eigenvalue weighted by Crippen LogP contribution is -2.17. The van der Waals surface area contributed by atoms with Crippen LogP contribution in [0.2, 0.25) is 0 Å². The number of amides is 1. The lowest BCUT2D eigenvalue weighted by Gasteiger charge is -2.12. The number of hydrogen-bond acceptors (Lipinski definition) is 8. The summed E-state index contributed by atoms with van der Waals surface area (Å²) in [5.41, 5.74) is 3.89. The average Bonchev–Trinajstić information content (AvgIpc) is 3.47. The van der Waals surface area contributed by atoms with Crippen LogP contribution in [0, 0.1) is 13.8 Å². The van der Waals surface area contributed by atoms with Gasteiger partial charge >= 0.3 is 5.97 Å². The maximum Gasteiger partial charge on any atom is 0.341 e. The number of esters is 1. The molecule has 1 amide bonds. The number of thiophene rings is 2. The van der Waals surface area contributed by atoms with Gasteiger partial charge < -0.3 is 14.6 Å². The highest BCUT2D eigenvalue weighted by molar-refractivity contribution is 7.99. The number of anilines is 1. The van der Waals surface area contributed by atoms with Gasteiger partial charge in [0.15, 0.2) is 11.0 Å². The number of nitrogens with zero attached hydrogens (tertiary/aromatic N) is 3. The number of carbonyl (C=O) groups excluding carboxylic acids is 2. The van der Waals surface area contributed by atoms with Gasteiger partial charge in [-0.25, -0.2) is 4.79 Å². The summed E-state index contributed by atoms with van der Waals surface area (Å²) < 4.78 is 7.32. The van der Waals surface area contributed by atoms with E-state index in [1.807, 2.05) is 11.5 Å². The Bertz CT molecular complexity index is 1180. The largest absolute Gasteiger partial charge is 0.462 e. The number of fused-ring (bicyclic) bond motifs is 1. The van der Waals surface area contributed by atoms with Crippen molar-refractivity contribution in [3.8, 4) is 11.4 Å². The molecule has 1 aliphatic carbocycles. The van der Waals surface area contributed by atoms with Gasteiger partial charge in [0.1, 0.15) is 5.00 Å². The molecule has 3 heterocycles. The van der Waals surface area contributed by atoms with Gasteiger partial charge in [-0.05, 0) is 64.5 Å². The molecule has 0 unspecified atom stereocenters. The van der Waals surface area contributed by atoms with Gasteiger partial charge in [-0.3, -0.25) is 4.79 Å². The molecule has 0 saturated carbocycles. The second-order valence-electron chi connectivity index (χ2n) is 7.85. The number of rotatable bonds is 8. The molecular formula is C23H28N4O3S3. The summed E-state index contributed by atoms with van der Waals surface area (Å²) in [4.78, 5) is 27.9. The van der Waals surface area contributed by atoms with Crippen LogP contribution in [0.5, 0.6) is 0 Å². The minimum atomic E-state index is -0.350. The third kappa shape index (κ3) is 4.88. The van der Waals surface area contributed by atoms with E-state index in [0.717, 1.165) is 42.6 Å². The van der Waals surface area contributed by atoms with Gasteiger partial charge in [0.2, 0.25) is 5.91 Å². The predicted octanol–water partition coefficient (Wildman–Crippen LogP) is 5.49. The highest BCUT2D eigenvalue weighted by Gasteiger charge is 2.27. The number of aryl methyl sites for hydroxylation is 2. The lowest BCUT2D eigenvalue weighted by atomic mass is 9.95. The van der Waals surface area contributed by atoms with Crippen LogP contribution >= 0.6 is 34.4 Å². The van der Waals surface area contributed by atoms with Crippen LogP contribution in [0.25, 0.3) is 11.4 Å². The van der Waals surface area contributed by atoms with Crippen LogP contribution in [0.1, 0.15) is 57.9 Å². The molecule has 0 aromatic carbocycles. The third-order valence-electron chi connectivity index (χ3n) is 5.80. The lowest BCUT2D eigenvalue weighted by molar-refractivity contribution is -0.113. The van der Waals surface area contributed by atoms with E-state index in [0.29, 0.717) is 28.9 Å². The summed E-state index contributed by atoms with van der Waals surface area (Å²) in [6.45, 7) is 9.06. The Morgan fingerprint density at radius 2 is 2.00 bits per heavy atom. The van der Waals surface area contributed by atoms with E-state index >= 15 is 0 Å². The SMILES string of the molecule is CCOC(=O)c1c(NC(=O)CSc2nnc(-c3csc(C)c3C)n2CC)sc2c1CCCC2. The highest BCUT2D eigenvalue weighted by atomic mass is 32.2. The molecule has 3 aromatic heterocycles. The zero-order valence-corrected chi connectivity index (χ0v) is 21.8. The zero-order valence-electron chi connectivity index (χ0n) is 19.3. The number of carbonyl (C=O) groups is 2. The Morgan fingerprint density at radius 1 is 1.21 bits per heavy atom. The van der Waals surface area contributed by atoms with Crippen molar-refractivity contribution in [1.29, 1.82) is 0 Å². The van der Waals surface area contributed by atoms with Gasteiger partial charge in [0, 0.05) is 27.2 Å². The van der Waals surface area contributed by atoms with Crippen molar-refractivity contribution < 1.29 is 14.3 Å². The average molecular weight is 505 g/mol. The molecule has 176 valence electrons. The van der Waals surface area contributed by atoms with Crippen LogP contribution in [-0.2, 0) is 28.9 Å². The van der Waals surface area contributed by atoms with Crippen molar-refractivity contribution in [2.75, 3.05) is 17.7 Å². The summed E-state index contributed by atoms with van der Waals surface area (Å²) in [5.74, 6) is 0.498. The van der Waals surface area contributed by atoms with Crippen molar-refractivity contribution in [2.45, 2.75) is 65.1 Å². The fourth-order valence-electron chi connectivity index (χ4n) is 3.98. The van der Waals surface area contributed by atoms with Gasteiger partial charge in [0.25, 0.3) is 0 Å². The minimum absolute atomic E-state index is 0.168. The molecule has 1 aliphatic rings. The smallest absolute Gasteiger partial charge is 0.341 e. The quantitative estimate of drug-likeness (QED) is 0.322. The van der Waals surface area contributed by atoms with E-state index in [1.165, 1.54) is 38.4 Å². The minimum Gasteiger partial charge on any atom is -0.462 e. The highest BCUT2D eigenvalue weighted by Crippen LogP contribution is 2.39. The molecule has 7 nitrogen and oxygen atoms in total. The first-order valence-corrected chi connectivity index (χ1v) is 13.8. The first kappa shape index (κ1) is 24.0. The van der Waals surface area contributed by atoms with Gasteiger partial charge in [-0.1, -0.05) is 11.8 Å². The Balaban J connectivity index is 1.49. The summed E-state index contributed by atoms with van der Waals surface area (Å²) in [7, 11) is 0. The Hall–Kier alpha value is -2.17. The molecule has 0 aliphatic heterocycles. The molecular weight excluding hydrogens is 476 g/mol. The molecule has 4 rings (SSSR count). The second kappa shape index (κ2) is 10.4. The second-order valence-corrected chi connectivity index (χ2v) is 11.0. The molecule has 33 heavy (non-hydrogen) atoms. The Labute approximate surface area is 206 Å². The van der Waals surface area contributed by atoms with Crippen molar-refractivity contribution in [3.05, 3.63) is 31.8 Å². The topological polar surface area (TPSA) is 86.1 Å². The third-order valence-corrected chi connectivity index (χ3v) is 8.98. The molecule has 0 spiro atoms. The first-order valence-electron chi connectivity index (χ1n) is 11.2. The van der Waals surface area contributed by atoms with Crippen molar-refractivity contribution in [1.82, 2.24) is 14.8 Å². The van der Waals surface area contributed by atoms with Crippen LogP contribution in [0.3, 0.4) is 0 Å². The fourth-order valence-corrected chi connectivity index (χ4v) is 6.94. The Kier molecular flexibility index (Phi) is 7.55. The summed E-state index contributed by atoms with van der Waals surface area (Å²) >= 11 is 4.56. The first-order chi connectivity index (χ1) is 15.9. The zero-order chi connectivity index (χ0) is 23.5. The Morgan fingerprint density at radius 3 is 2.70 bits per heavy atom. The molecule has 0 bridgehead atoms. The number of hydrogen-bond donors (Lipinski definition) is 1. The van der Waals surface area contributed by atoms with E-state index in [2.05, 4.69) is 34.7 Å². The fraction of sp³-hybridized carbons (Fsp3) is 0.478. The predicted molar refractivity (Wildman–Crippen MR) is 135 cm³/mol. The maximum absolute atomic E-state index is 12.8. The van der Waals surface area contributed by atoms with Crippen molar-refractivity contribution >= 4 is 51.3 Å². The van der Waals surface area contributed by atoms with Crippen molar-refractivity contribution in [3.63, 3.8) is 0 Å². The molecule has 10 heteroatoms. The van der Waals surface area contributed by atoms with Crippen molar-refractivity contribution in [2.24, 2.45) is 0 Å². The number of ether oxygens (including phenoxy) is 1. The summed E-state index contributed by atoms with van der Waals surface area (Å²) in [5, 5.41) is 15.1. The molecule has 0 radical (unpaired) electrons. The van der Waals surface area contributed by atoms with Gasteiger partial charge in [0.05, 0.1) is 17.9 Å². The van der Waals surface area contributed by atoms with E-state index in [-0.39, 0.29) is 17.6 Å². The van der Waals surface area contributed by atoms with Gasteiger partial charge in [-0.15, -0.1) is 32.9 Å². The molecule has 0 fully saturated rings. The van der Waals surface area contributed by atoms with E-state index in [9.17, 15) is 9.59 Å². The maximum atomic E-state index is 12.8. The normalized spacial score (nSPS) is 13.1. The number of nitrogens with one attached hydrogen (secondary N) is 1. The summed E-state index contributed by atoms with van der Waals surface area (Å²) in [6.07, 6.45) is 3.96. The van der Waals surface area contributed by atoms with Crippen LogP contribution in [-0.4, -0.2) is 39.0 Å². The number of aromatic nitrogens is 3. The number of thioether (sulfide) groups is 1. The standard InChI is InChI=1S/C23H28N4O3S3/c1-5-27-20(16-11-31-14(4)13(16)3)25-26-23(27)32-12-18(28)24-21-19(22(29)30-6-2)15-9-7-8-10-17(15)33-21/h11H,5-10,12H2,1-4H3,(H,24,28).